The lowest BCUT2D eigenvalue weighted by molar-refractivity contribution is -0.139. The zero-order chi connectivity index (χ0) is 17.8. The van der Waals surface area contributed by atoms with Crippen LogP contribution in [-0.2, 0) is 27.3 Å². The van der Waals surface area contributed by atoms with Gasteiger partial charge in [-0.05, 0) is 35.7 Å². The third kappa shape index (κ3) is 3.88. The molecule has 2 aromatic carbocycles. The Kier molecular flexibility index (Phi) is 5.14. The summed E-state index contributed by atoms with van der Waals surface area (Å²) in [5.41, 5.74) is 3.81. The molecule has 25 heavy (non-hydrogen) atoms. The minimum absolute atomic E-state index is 0.0344. The number of nitrogens with one attached hydrogen (secondary N) is 2. The van der Waals surface area contributed by atoms with Crippen molar-refractivity contribution in [2.24, 2.45) is 0 Å². The Bertz CT molecular complexity index is 771. The van der Waals surface area contributed by atoms with E-state index in [1.807, 2.05) is 49.4 Å². The number of fused-ring (bicyclic) bond motifs is 1. The van der Waals surface area contributed by atoms with Gasteiger partial charge in [0.1, 0.15) is 0 Å². The molecule has 3 rings (SSSR count). The van der Waals surface area contributed by atoms with E-state index in [0.29, 0.717) is 5.69 Å². The van der Waals surface area contributed by atoms with Crippen molar-refractivity contribution in [3.8, 4) is 0 Å². The van der Waals surface area contributed by atoms with Crippen LogP contribution in [0, 0.1) is 0 Å². The molecule has 0 bridgehead atoms. The second-order valence-corrected chi connectivity index (χ2v) is 6.29. The minimum atomic E-state index is -0.282. The lowest BCUT2D eigenvalue weighted by atomic mass is 9.85. The second-order valence-electron chi connectivity index (χ2n) is 6.29. The van der Waals surface area contributed by atoms with Crippen LogP contribution < -0.4 is 10.6 Å². The van der Waals surface area contributed by atoms with Crippen molar-refractivity contribution in [1.29, 1.82) is 0 Å². The number of carbonyl (C=O) groups excluding carboxylic acids is 2. The van der Waals surface area contributed by atoms with E-state index in [9.17, 15) is 9.59 Å². The number of anilines is 1. The van der Waals surface area contributed by atoms with Crippen molar-refractivity contribution in [2.75, 3.05) is 12.4 Å². The highest BCUT2D eigenvalue weighted by molar-refractivity contribution is 5.96. The molecule has 1 amide bonds. The molecule has 2 unspecified atom stereocenters. The molecule has 1 aliphatic rings. The zero-order valence-electron chi connectivity index (χ0n) is 14.4. The largest absolute Gasteiger partial charge is 0.469 e. The maximum atomic E-state index is 12.8. The first kappa shape index (κ1) is 17.2. The summed E-state index contributed by atoms with van der Waals surface area (Å²) < 4.78 is 4.66. The maximum Gasteiger partial charge on any atom is 0.309 e. The molecule has 0 spiro atoms. The topological polar surface area (TPSA) is 67.4 Å². The predicted octanol–water partition coefficient (Wildman–Crippen LogP) is 2.62. The van der Waals surface area contributed by atoms with Crippen LogP contribution >= 0.6 is 0 Å². The summed E-state index contributed by atoms with van der Waals surface area (Å²) in [4.78, 5) is 24.1. The Morgan fingerprint density at radius 2 is 1.88 bits per heavy atom. The molecule has 0 radical (unpaired) electrons. The highest BCUT2D eigenvalue weighted by atomic mass is 16.5. The average Bonchev–Trinajstić information content (AvgIpc) is 2.63. The molecular formula is C20H22N2O3. The van der Waals surface area contributed by atoms with Crippen LogP contribution in [0.5, 0.6) is 0 Å². The fourth-order valence-electron chi connectivity index (χ4n) is 3.19. The number of rotatable bonds is 4. The molecule has 0 saturated heterocycles. The molecular weight excluding hydrogens is 316 g/mol. The Labute approximate surface area is 147 Å². The molecule has 0 fully saturated rings. The van der Waals surface area contributed by atoms with E-state index < -0.39 is 0 Å². The van der Waals surface area contributed by atoms with Crippen molar-refractivity contribution in [2.45, 2.75) is 31.8 Å². The van der Waals surface area contributed by atoms with Gasteiger partial charge in [0.25, 0.3) is 0 Å². The molecule has 2 aromatic rings. The van der Waals surface area contributed by atoms with Crippen molar-refractivity contribution < 1.29 is 14.3 Å². The second kappa shape index (κ2) is 7.49. The van der Waals surface area contributed by atoms with E-state index in [0.717, 1.165) is 23.2 Å². The molecule has 0 aliphatic carbocycles. The summed E-state index contributed by atoms with van der Waals surface area (Å²) in [7, 11) is 1.37. The summed E-state index contributed by atoms with van der Waals surface area (Å²) in [6.07, 6.45) is 0.224. The van der Waals surface area contributed by atoms with Crippen LogP contribution in [0.2, 0.25) is 0 Å². The van der Waals surface area contributed by atoms with Crippen LogP contribution in [0.3, 0.4) is 0 Å². The highest BCUT2D eigenvalue weighted by Gasteiger charge is 2.31. The van der Waals surface area contributed by atoms with Gasteiger partial charge in [0.15, 0.2) is 0 Å². The molecule has 5 nitrogen and oxygen atoms in total. The molecule has 1 aliphatic heterocycles. The SMILES string of the molecule is COC(=O)Cc1ccc(NC(=O)C2c3ccccc3CNC2C)cc1. The number of benzene rings is 2. The van der Waals surface area contributed by atoms with Crippen LogP contribution in [0.25, 0.3) is 0 Å². The van der Waals surface area contributed by atoms with Gasteiger partial charge < -0.3 is 15.4 Å². The number of carbonyl (C=O) groups is 2. The van der Waals surface area contributed by atoms with Crippen LogP contribution in [-0.4, -0.2) is 25.0 Å². The van der Waals surface area contributed by atoms with Crippen molar-refractivity contribution in [3.63, 3.8) is 0 Å². The first-order valence-corrected chi connectivity index (χ1v) is 8.36. The zero-order valence-corrected chi connectivity index (χ0v) is 14.4. The number of hydrogen-bond donors (Lipinski definition) is 2. The highest BCUT2D eigenvalue weighted by Crippen LogP contribution is 2.29. The summed E-state index contributed by atoms with van der Waals surface area (Å²) in [5, 5.41) is 6.36. The van der Waals surface area contributed by atoms with E-state index in [-0.39, 0.29) is 30.3 Å². The van der Waals surface area contributed by atoms with Gasteiger partial charge in [-0.2, -0.15) is 0 Å². The number of esters is 1. The molecule has 0 saturated carbocycles. The smallest absolute Gasteiger partial charge is 0.309 e. The first-order valence-electron chi connectivity index (χ1n) is 8.36. The maximum absolute atomic E-state index is 12.8. The Morgan fingerprint density at radius 1 is 1.16 bits per heavy atom. The predicted molar refractivity (Wildman–Crippen MR) is 96.3 cm³/mol. The molecule has 5 heteroatoms. The number of amides is 1. The lowest BCUT2D eigenvalue weighted by Gasteiger charge is -2.31. The van der Waals surface area contributed by atoms with Gasteiger partial charge in [-0.1, -0.05) is 36.4 Å². The van der Waals surface area contributed by atoms with Gasteiger partial charge in [-0.25, -0.2) is 0 Å². The van der Waals surface area contributed by atoms with Crippen molar-refractivity contribution in [1.82, 2.24) is 5.32 Å². The molecule has 2 atom stereocenters. The van der Waals surface area contributed by atoms with E-state index in [1.165, 1.54) is 7.11 Å². The number of hydrogen-bond acceptors (Lipinski definition) is 4. The standard InChI is InChI=1S/C20H22N2O3/c1-13-19(17-6-4-3-5-15(17)12-21-13)20(24)22-16-9-7-14(8-10-16)11-18(23)25-2/h3-10,13,19,21H,11-12H2,1-2H3,(H,22,24). The molecule has 0 aromatic heterocycles. The van der Waals surface area contributed by atoms with Gasteiger partial charge >= 0.3 is 5.97 Å². The summed E-state index contributed by atoms with van der Waals surface area (Å²) >= 11 is 0. The summed E-state index contributed by atoms with van der Waals surface area (Å²) in [6, 6.07) is 15.4. The lowest BCUT2D eigenvalue weighted by Crippen LogP contribution is -2.42. The number of ether oxygens (including phenoxy) is 1. The van der Waals surface area contributed by atoms with Gasteiger partial charge in [-0.15, -0.1) is 0 Å². The Hall–Kier alpha value is -2.66. The molecule has 130 valence electrons. The summed E-state index contributed by atoms with van der Waals surface area (Å²) in [6.45, 7) is 2.81. The molecule has 2 N–H and O–H groups in total. The van der Waals surface area contributed by atoms with Gasteiger partial charge in [0.2, 0.25) is 5.91 Å². The van der Waals surface area contributed by atoms with Gasteiger partial charge in [0.05, 0.1) is 19.4 Å². The van der Waals surface area contributed by atoms with E-state index in [2.05, 4.69) is 21.4 Å². The Morgan fingerprint density at radius 3 is 2.60 bits per heavy atom. The summed E-state index contributed by atoms with van der Waals surface area (Å²) in [5.74, 6) is -0.553. The van der Waals surface area contributed by atoms with Crippen LogP contribution in [0.4, 0.5) is 5.69 Å². The Balaban J connectivity index is 1.73. The minimum Gasteiger partial charge on any atom is -0.469 e. The van der Waals surface area contributed by atoms with Gasteiger partial charge in [-0.3, -0.25) is 9.59 Å². The van der Waals surface area contributed by atoms with Gasteiger partial charge in [0, 0.05) is 18.3 Å². The molecule has 1 heterocycles. The van der Waals surface area contributed by atoms with E-state index in [1.54, 1.807) is 0 Å². The number of methoxy groups -OCH3 is 1. The van der Waals surface area contributed by atoms with Crippen molar-refractivity contribution in [3.05, 3.63) is 65.2 Å². The van der Waals surface area contributed by atoms with E-state index >= 15 is 0 Å². The van der Waals surface area contributed by atoms with Crippen LogP contribution in [0.1, 0.15) is 29.5 Å². The fraction of sp³-hybridized carbons (Fsp3) is 0.300. The first-order chi connectivity index (χ1) is 12.1. The van der Waals surface area contributed by atoms with E-state index in [4.69, 9.17) is 0 Å². The van der Waals surface area contributed by atoms with Crippen molar-refractivity contribution >= 4 is 17.6 Å². The third-order valence-electron chi connectivity index (χ3n) is 4.58. The normalized spacial score (nSPS) is 19.0. The fourth-order valence-corrected chi connectivity index (χ4v) is 3.19. The quantitative estimate of drug-likeness (QED) is 0.841. The average molecular weight is 338 g/mol. The van der Waals surface area contributed by atoms with Crippen LogP contribution in [0.15, 0.2) is 48.5 Å². The third-order valence-corrected chi connectivity index (χ3v) is 4.58. The monoisotopic (exact) mass is 338 g/mol.